The second kappa shape index (κ2) is 7.45. The molecule has 27 heavy (non-hydrogen) atoms. The molecule has 0 aliphatic carbocycles. The summed E-state index contributed by atoms with van der Waals surface area (Å²) < 4.78 is 32.6. The molecule has 1 atom stereocenters. The number of methoxy groups -OCH3 is 1. The topological polar surface area (TPSA) is 79.5 Å². The smallest absolute Gasteiger partial charge is 0.319 e. The van der Waals surface area contributed by atoms with Crippen LogP contribution in [-0.2, 0) is 4.79 Å². The lowest BCUT2D eigenvalue weighted by molar-refractivity contribution is -0.113. The number of urea groups is 1. The van der Waals surface area contributed by atoms with Gasteiger partial charge in [0.2, 0.25) is 0 Å². The van der Waals surface area contributed by atoms with Crippen LogP contribution in [0.25, 0.3) is 0 Å². The summed E-state index contributed by atoms with van der Waals surface area (Å²) in [5.74, 6) is -1.51. The van der Waals surface area contributed by atoms with Crippen LogP contribution in [0.4, 0.5) is 19.3 Å². The zero-order chi connectivity index (χ0) is 19.6. The lowest BCUT2D eigenvalue weighted by atomic mass is 9.94. The molecule has 1 unspecified atom stereocenters. The Labute approximate surface area is 154 Å². The van der Waals surface area contributed by atoms with E-state index >= 15 is 0 Å². The predicted molar refractivity (Wildman–Crippen MR) is 95.1 cm³/mol. The lowest BCUT2D eigenvalue weighted by Crippen LogP contribution is -2.46. The SMILES string of the molecule is COc1ccc(NC(=O)C2=C(C)NC(=O)NC2c2ccc(F)cc2F)cc1. The molecule has 0 spiro atoms. The fourth-order valence-electron chi connectivity index (χ4n) is 2.84. The van der Waals surface area contributed by atoms with Crippen LogP contribution in [0.3, 0.4) is 0 Å². The minimum atomic E-state index is -1.06. The standard InChI is InChI=1S/C19H17F2N3O3/c1-10-16(18(25)23-12-4-6-13(27-2)7-5-12)17(24-19(26)22-10)14-8-3-11(20)9-15(14)21/h3-9,17H,1-2H3,(H,23,25)(H2,22,24,26). The summed E-state index contributed by atoms with van der Waals surface area (Å²) in [5.41, 5.74) is 0.885. The average molecular weight is 373 g/mol. The number of nitrogens with one attached hydrogen (secondary N) is 3. The first-order valence-corrected chi connectivity index (χ1v) is 8.07. The number of carbonyl (C=O) groups excluding carboxylic acids is 2. The molecule has 140 valence electrons. The van der Waals surface area contributed by atoms with E-state index in [1.165, 1.54) is 20.1 Å². The van der Waals surface area contributed by atoms with E-state index in [4.69, 9.17) is 4.74 Å². The van der Waals surface area contributed by atoms with Gasteiger partial charge in [0.15, 0.2) is 0 Å². The molecule has 0 bridgehead atoms. The molecule has 2 aromatic rings. The van der Waals surface area contributed by atoms with Crippen molar-refractivity contribution in [1.82, 2.24) is 10.6 Å². The second-order valence-corrected chi connectivity index (χ2v) is 5.92. The van der Waals surface area contributed by atoms with Crippen molar-refractivity contribution >= 4 is 17.6 Å². The average Bonchev–Trinajstić information content (AvgIpc) is 2.61. The molecule has 1 heterocycles. The summed E-state index contributed by atoms with van der Waals surface area (Å²) in [6.45, 7) is 1.54. The first-order valence-electron chi connectivity index (χ1n) is 8.07. The van der Waals surface area contributed by atoms with Crippen LogP contribution in [0.2, 0.25) is 0 Å². The summed E-state index contributed by atoms with van der Waals surface area (Å²) in [6, 6.07) is 7.99. The summed E-state index contributed by atoms with van der Waals surface area (Å²) in [4.78, 5) is 24.6. The molecule has 2 aromatic carbocycles. The van der Waals surface area contributed by atoms with E-state index in [1.807, 2.05) is 0 Å². The molecule has 1 aliphatic heterocycles. The van der Waals surface area contributed by atoms with Crippen LogP contribution < -0.4 is 20.7 Å². The molecule has 3 N–H and O–H groups in total. The second-order valence-electron chi connectivity index (χ2n) is 5.92. The van der Waals surface area contributed by atoms with Gasteiger partial charge in [0.25, 0.3) is 5.91 Å². The molecule has 0 radical (unpaired) electrons. The van der Waals surface area contributed by atoms with Crippen molar-refractivity contribution in [2.75, 3.05) is 12.4 Å². The maximum Gasteiger partial charge on any atom is 0.319 e. The number of rotatable bonds is 4. The third kappa shape index (κ3) is 3.89. The third-order valence-corrected chi connectivity index (χ3v) is 4.14. The number of benzene rings is 2. The Bertz CT molecular complexity index is 926. The molecular weight excluding hydrogens is 356 g/mol. The van der Waals surface area contributed by atoms with E-state index in [9.17, 15) is 18.4 Å². The minimum Gasteiger partial charge on any atom is -0.497 e. The fraction of sp³-hybridized carbons (Fsp3) is 0.158. The molecule has 0 fully saturated rings. The maximum absolute atomic E-state index is 14.3. The molecular formula is C19H17F2N3O3. The Morgan fingerprint density at radius 2 is 1.85 bits per heavy atom. The van der Waals surface area contributed by atoms with Gasteiger partial charge in [0.1, 0.15) is 17.4 Å². The summed E-state index contributed by atoms with van der Waals surface area (Å²) in [6.07, 6.45) is 0. The van der Waals surface area contributed by atoms with Gasteiger partial charge >= 0.3 is 6.03 Å². The van der Waals surface area contributed by atoms with Gasteiger partial charge < -0.3 is 20.7 Å². The molecule has 6 nitrogen and oxygen atoms in total. The molecule has 8 heteroatoms. The van der Waals surface area contributed by atoms with Gasteiger partial charge in [-0.15, -0.1) is 0 Å². The Balaban J connectivity index is 1.94. The summed E-state index contributed by atoms with van der Waals surface area (Å²) >= 11 is 0. The quantitative estimate of drug-likeness (QED) is 0.770. The number of halogens is 2. The van der Waals surface area contributed by atoms with Crippen molar-refractivity contribution in [3.8, 4) is 5.75 Å². The number of allylic oxidation sites excluding steroid dienone is 1. The van der Waals surface area contributed by atoms with E-state index in [0.717, 1.165) is 6.07 Å². The van der Waals surface area contributed by atoms with E-state index < -0.39 is 29.6 Å². The maximum atomic E-state index is 14.3. The Hall–Kier alpha value is -3.42. The normalized spacial score (nSPS) is 16.4. The van der Waals surface area contributed by atoms with Crippen molar-refractivity contribution in [3.05, 3.63) is 70.9 Å². The van der Waals surface area contributed by atoms with Crippen LogP contribution >= 0.6 is 0 Å². The highest BCUT2D eigenvalue weighted by atomic mass is 19.1. The molecule has 1 aliphatic rings. The first kappa shape index (κ1) is 18.4. The molecule has 0 saturated heterocycles. The van der Waals surface area contributed by atoms with Gasteiger partial charge in [-0.3, -0.25) is 4.79 Å². The van der Waals surface area contributed by atoms with Gasteiger partial charge in [0.05, 0.1) is 18.7 Å². The highest BCUT2D eigenvalue weighted by Gasteiger charge is 2.33. The van der Waals surface area contributed by atoms with Gasteiger partial charge in [-0.1, -0.05) is 6.07 Å². The van der Waals surface area contributed by atoms with Crippen molar-refractivity contribution in [2.24, 2.45) is 0 Å². The molecule has 0 saturated carbocycles. The van der Waals surface area contributed by atoms with Crippen LogP contribution in [-0.4, -0.2) is 19.0 Å². The van der Waals surface area contributed by atoms with E-state index in [1.54, 1.807) is 24.3 Å². The van der Waals surface area contributed by atoms with Crippen molar-refractivity contribution in [2.45, 2.75) is 13.0 Å². The van der Waals surface area contributed by atoms with Gasteiger partial charge in [-0.05, 0) is 37.3 Å². The van der Waals surface area contributed by atoms with Crippen LogP contribution in [0.15, 0.2) is 53.7 Å². The largest absolute Gasteiger partial charge is 0.497 e. The van der Waals surface area contributed by atoms with Crippen molar-refractivity contribution < 1.29 is 23.1 Å². The zero-order valence-electron chi connectivity index (χ0n) is 14.6. The summed E-state index contributed by atoms with van der Waals surface area (Å²) in [5, 5.41) is 7.70. The van der Waals surface area contributed by atoms with Crippen molar-refractivity contribution in [1.29, 1.82) is 0 Å². The number of carbonyl (C=O) groups is 2. The lowest BCUT2D eigenvalue weighted by Gasteiger charge is -2.29. The monoisotopic (exact) mass is 373 g/mol. The fourth-order valence-corrected chi connectivity index (χ4v) is 2.84. The zero-order valence-corrected chi connectivity index (χ0v) is 14.6. The predicted octanol–water partition coefficient (Wildman–Crippen LogP) is 3.24. The van der Waals surface area contributed by atoms with Crippen LogP contribution in [0, 0.1) is 11.6 Å². The number of anilines is 1. The van der Waals surface area contributed by atoms with Crippen LogP contribution in [0.5, 0.6) is 5.75 Å². The Morgan fingerprint density at radius 3 is 2.48 bits per heavy atom. The molecule has 3 rings (SSSR count). The Kier molecular flexibility index (Phi) is 5.07. The summed E-state index contributed by atoms with van der Waals surface area (Å²) in [7, 11) is 1.53. The minimum absolute atomic E-state index is 0.00881. The first-order chi connectivity index (χ1) is 12.9. The van der Waals surface area contributed by atoms with Crippen LogP contribution in [0.1, 0.15) is 18.5 Å². The van der Waals surface area contributed by atoms with E-state index in [0.29, 0.717) is 17.5 Å². The van der Waals surface area contributed by atoms with Crippen molar-refractivity contribution in [3.63, 3.8) is 0 Å². The third-order valence-electron chi connectivity index (χ3n) is 4.14. The van der Waals surface area contributed by atoms with Gasteiger partial charge in [-0.2, -0.15) is 0 Å². The number of amides is 3. The highest BCUT2D eigenvalue weighted by molar-refractivity contribution is 6.06. The van der Waals surface area contributed by atoms with Gasteiger partial charge in [-0.25, -0.2) is 13.6 Å². The number of hydrogen-bond donors (Lipinski definition) is 3. The van der Waals surface area contributed by atoms with E-state index in [2.05, 4.69) is 16.0 Å². The van der Waals surface area contributed by atoms with Gasteiger partial charge in [0, 0.05) is 23.0 Å². The Morgan fingerprint density at radius 1 is 1.15 bits per heavy atom. The number of ether oxygens (including phenoxy) is 1. The number of hydrogen-bond acceptors (Lipinski definition) is 3. The molecule has 3 amide bonds. The highest BCUT2D eigenvalue weighted by Crippen LogP contribution is 2.30. The van der Waals surface area contributed by atoms with E-state index in [-0.39, 0.29) is 16.8 Å². The molecule has 0 aromatic heterocycles.